The minimum Gasteiger partial charge on any atom is -0.872 e. The van der Waals surface area contributed by atoms with Crippen molar-refractivity contribution in [2.24, 2.45) is 5.92 Å². The van der Waals surface area contributed by atoms with Crippen molar-refractivity contribution in [2.75, 3.05) is 40.4 Å². The summed E-state index contributed by atoms with van der Waals surface area (Å²) in [5, 5.41) is 13.8. The molecule has 1 aliphatic rings. The lowest BCUT2D eigenvalue weighted by atomic mass is 9.94. The zero-order valence-corrected chi connectivity index (χ0v) is 22.2. The van der Waals surface area contributed by atoms with Gasteiger partial charge in [-0.05, 0) is 49.1 Å². The molecule has 1 N–H and O–H groups in total. The van der Waals surface area contributed by atoms with E-state index in [2.05, 4.69) is 13.8 Å². The highest BCUT2D eigenvalue weighted by atomic mass is 16.5. The molecular formula is C29H38N2O5. The summed E-state index contributed by atoms with van der Waals surface area (Å²) in [4.78, 5) is 29.3. The van der Waals surface area contributed by atoms with E-state index >= 15 is 0 Å². The number of ketones is 1. The molecule has 0 spiro atoms. The Morgan fingerprint density at radius 2 is 1.81 bits per heavy atom. The summed E-state index contributed by atoms with van der Waals surface area (Å²) in [5.41, 5.74) is 1.78. The molecule has 1 saturated heterocycles. The number of nitrogens with one attached hydrogen (secondary N) is 1. The van der Waals surface area contributed by atoms with Gasteiger partial charge in [-0.3, -0.25) is 9.59 Å². The van der Waals surface area contributed by atoms with Gasteiger partial charge in [-0.25, -0.2) is 0 Å². The Kier molecular flexibility index (Phi) is 9.15. The number of aryl methyl sites for hydroxylation is 1. The summed E-state index contributed by atoms with van der Waals surface area (Å²) in [7, 11) is 4.08. The second kappa shape index (κ2) is 12.1. The van der Waals surface area contributed by atoms with E-state index in [0.717, 1.165) is 12.1 Å². The van der Waals surface area contributed by atoms with E-state index < -0.39 is 23.5 Å². The lowest BCUT2D eigenvalue weighted by Crippen LogP contribution is -3.05. The van der Waals surface area contributed by atoms with Crippen molar-refractivity contribution < 1.29 is 29.1 Å². The lowest BCUT2D eigenvalue weighted by molar-refractivity contribution is -0.858. The van der Waals surface area contributed by atoms with Crippen LogP contribution in [0.4, 0.5) is 0 Å². The maximum Gasteiger partial charge on any atom is 0.295 e. The Bertz CT molecular complexity index is 1120. The molecule has 3 rings (SSSR count). The van der Waals surface area contributed by atoms with Gasteiger partial charge in [0.2, 0.25) is 5.78 Å². The van der Waals surface area contributed by atoms with Gasteiger partial charge in [0.1, 0.15) is 11.5 Å². The van der Waals surface area contributed by atoms with Gasteiger partial charge in [-0.1, -0.05) is 43.9 Å². The van der Waals surface area contributed by atoms with Crippen LogP contribution in [-0.2, 0) is 9.59 Å². The van der Waals surface area contributed by atoms with E-state index in [1.807, 2.05) is 46.1 Å². The molecule has 2 aromatic carbocycles. The number of rotatable bonds is 11. The fourth-order valence-corrected chi connectivity index (χ4v) is 4.39. The number of Topliss-reactive ketones (excluding diaryl/α,β-unsaturated/α-hetero) is 1. The normalized spacial score (nSPS) is 17.3. The van der Waals surface area contributed by atoms with E-state index in [0.29, 0.717) is 54.7 Å². The molecule has 1 fully saturated rings. The fourth-order valence-electron chi connectivity index (χ4n) is 4.39. The van der Waals surface area contributed by atoms with Gasteiger partial charge in [-0.15, -0.1) is 0 Å². The Hall–Kier alpha value is -3.32. The SMILES string of the molecule is CCOc1ccccc1C1C(=C([O-])c2ccc(OCC(C)C)c(C)c2)C(=O)C(=O)N1CCC[NH+](C)C. The molecular weight excluding hydrogens is 456 g/mol. The number of quaternary nitrogens is 1. The van der Waals surface area contributed by atoms with E-state index in [9.17, 15) is 14.7 Å². The van der Waals surface area contributed by atoms with Gasteiger partial charge in [0, 0.05) is 24.1 Å². The smallest absolute Gasteiger partial charge is 0.295 e. The van der Waals surface area contributed by atoms with Crippen LogP contribution < -0.4 is 19.5 Å². The summed E-state index contributed by atoms with van der Waals surface area (Å²) in [6.45, 7) is 10.1. The second-order valence-corrected chi connectivity index (χ2v) is 9.94. The maximum atomic E-state index is 13.8. The van der Waals surface area contributed by atoms with Gasteiger partial charge in [0.05, 0.1) is 39.9 Å². The molecule has 36 heavy (non-hydrogen) atoms. The molecule has 194 valence electrons. The average Bonchev–Trinajstić information content (AvgIpc) is 3.08. The molecule has 0 aromatic heterocycles. The largest absolute Gasteiger partial charge is 0.872 e. The van der Waals surface area contributed by atoms with Crippen molar-refractivity contribution in [2.45, 2.75) is 40.2 Å². The number of para-hydroxylation sites is 1. The van der Waals surface area contributed by atoms with Crippen LogP contribution in [0.1, 0.15) is 49.9 Å². The second-order valence-electron chi connectivity index (χ2n) is 9.94. The minimum absolute atomic E-state index is 0.0281. The first kappa shape index (κ1) is 27.3. The van der Waals surface area contributed by atoms with E-state index in [1.165, 1.54) is 9.80 Å². The Morgan fingerprint density at radius 3 is 2.44 bits per heavy atom. The number of benzene rings is 2. The van der Waals surface area contributed by atoms with Crippen molar-refractivity contribution in [3.63, 3.8) is 0 Å². The zero-order valence-electron chi connectivity index (χ0n) is 22.2. The summed E-state index contributed by atoms with van der Waals surface area (Å²) < 4.78 is 11.7. The van der Waals surface area contributed by atoms with Gasteiger partial charge < -0.3 is 24.4 Å². The minimum atomic E-state index is -0.797. The van der Waals surface area contributed by atoms with Gasteiger partial charge in [-0.2, -0.15) is 0 Å². The van der Waals surface area contributed by atoms with E-state index in [-0.39, 0.29) is 5.57 Å². The van der Waals surface area contributed by atoms with Crippen molar-refractivity contribution in [3.05, 3.63) is 64.7 Å². The molecule has 0 bridgehead atoms. The third-order valence-corrected chi connectivity index (χ3v) is 6.13. The fraction of sp³-hybridized carbons (Fsp3) is 0.448. The summed E-state index contributed by atoms with van der Waals surface area (Å²) in [6, 6.07) is 11.7. The number of likely N-dealkylation sites (tertiary alicyclic amines) is 1. The molecule has 0 saturated carbocycles. The molecule has 7 heteroatoms. The third kappa shape index (κ3) is 6.08. The average molecular weight is 495 g/mol. The van der Waals surface area contributed by atoms with Crippen molar-refractivity contribution in [3.8, 4) is 11.5 Å². The van der Waals surface area contributed by atoms with Gasteiger partial charge >= 0.3 is 0 Å². The number of nitrogens with zero attached hydrogens (tertiary/aromatic N) is 1. The van der Waals surface area contributed by atoms with Crippen LogP contribution in [0.2, 0.25) is 0 Å². The summed E-state index contributed by atoms with van der Waals surface area (Å²) in [6.07, 6.45) is 0.705. The molecule has 1 unspecified atom stereocenters. The van der Waals surface area contributed by atoms with Crippen molar-refractivity contribution >= 4 is 17.4 Å². The highest BCUT2D eigenvalue weighted by molar-refractivity contribution is 6.46. The molecule has 2 aromatic rings. The van der Waals surface area contributed by atoms with Crippen molar-refractivity contribution in [1.82, 2.24) is 4.90 Å². The molecule has 1 atom stereocenters. The molecule has 1 aliphatic heterocycles. The standard InChI is InChI=1S/C29H38N2O5/c1-7-35-24-12-9-8-11-22(24)26-25(28(33)29(34)31(26)16-10-15-30(5)6)27(32)21-13-14-23(20(4)17-21)36-18-19(2)3/h8-9,11-14,17,19,26,32H,7,10,15-16,18H2,1-6H3. The van der Waals surface area contributed by atoms with E-state index in [1.54, 1.807) is 24.3 Å². The highest BCUT2D eigenvalue weighted by Crippen LogP contribution is 2.42. The lowest BCUT2D eigenvalue weighted by Gasteiger charge is -2.29. The van der Waals surface area contributed by atoms with E-state index in [4.69, 9.17) is 9.47 Å². The first-order valence-corrected chi connectivity index (χ1v) is 12.7. The highest BCUT2D eigenvalue weighted by Gasteiger charge is 2.45. The number of ether oxygens (including phenoxy) is 2. The first-order valence-electron chi connectivity index (χ1n) is 12.7. The first-order chi connectivity index (χ1) is 17.1. The third-order valence-electron chi connectivity index (χ3n) is 6.13. The van der Waals surface area contributed by atoms with Crippen LogP contribution in [0.25, 0.3) is 5.76 Å². The van der Waals surface area contributed by atoms with Crippen molar-refractivity contribution in [1.29, 1.82) is 0 Å². The number of amides is 1. The summed E-state index contributed by atoms with van der Waals surface area (Å²) in [5.74, 6) is -0.193. The molecule has 7 nitrogen and oxygen atoms in total. The number of hydrogen-bond acceptors (Lipinski definition) is 5. The van der Waals surface area contributed by atoms with Gasteiger partial charge in [0.15, 0.2) is 0 Å². The monoisotopic (exact) mass is 494 g/mol. The molecule has 1 amide bonds. The molecule has 0 radical (unpaired) electrons. The molecule has 0 aliphatic carbocycles. The predicted octanol–water partition coefficient (Wildman–Crippen LogP) is 2.19. The summed E-state index contributed by atoms with van der Waals surface area (Å²) >= 11 is 0. The predicted molar refractivity (Wildman–Crippen MR) is 138 cm³/mol. The van der Waals surface area contributed by atoms with Crippen LogP contribution >= 0.6 is 0 Å². The van der Waals surface area contributed by atoms with Crippen LogP contribution in [0.5, 0.6) is 11.5 Å². The number of carbonyl (C=O) groups excluding carboxylic acids is 2. The Labute approximate surface area is 214 Å². The number of hydrogen-bond donors (Lipinski definition) is 1. The Morgan fingerprint density at radius 1 is 1.08 bits per heavy atom. The van der Waals surface area contributed by atoms with Crippen LogP contribution in [0.3, 0.4) is 0 Å². The maximum absolute atomic E-state index is 13.8. The zero-order chi connectivity index (χ0) is 26.4. The van der Waals surface area contributed by atoms with Crippen LogP contribution in [0, 0.1) is 12.8 Å². The molecule has 1 heterocycles. The Balaban J connectivity index is 2.09. The van der Waals surface area contributed by atoms with Crippen LogP contribution in [-0.4, -0.2) is 57.0 Å². The number of carbonyl (C=O) groups is 2. The quantitative estimate of drug-likeness (QED) is 0.294. The van der Waals surface area contributed by atoms with Crippen LogP contribution in [0.15, 0.2) is 48.0 Å². The topological polar surface area (TPSA) is 83.3 Å². The van der Waals surface area contributed by atoms with Gasteiger partial charge in [0.25, 0.3) is 5.91 Å².